The molecule has 0 spiro atoms. The molecule has 2 aliphatic rings. The molecule has 0 bridgehead atoms. The van der Waals surface area contributed by atoms with E-state index < -0.39 is 28.0 Å². The van der Waals surface area contributed by atoms with Crippen molar-refractivity contribution in [3.8, 4) is 11.5 Å². The Bertz CT molecular complexity index is 1190. The van der Waals surface area contributed by atoms with Gasteiger partial charge in [-0.2, -0.15) is 4.31 Å². The van der Waals surface area contributed by atoms with Crippen LogP contribution in [-0.2, 0) is 29.1 Å². The average Bonchev–Trinajstić information content (AvgIpc) is 3.31. The van der Waals surface area contributed by atoms with Gasteiger partial charge in [-0.1, -0.05) is 12.1 Å². The molecular formula is C23H24N2O8S. The highest BCUT2D eigenvalue weighted by Crippen LogP contribution is 2.34. The van der Waals surface area contributed by atoms with E-state index in [1.165, 1.54) is 35.5 Å². The fraction of sp³-hybridized carbons (Fsp3) is 0.304. The molecule has 1 saturated heterocycles. The van der Waals surface area contributed by atoms with E-state index in [1.807, 2.05) is 0 Å². The SMILES string of the molecule is CC(OC(=O)/C=C/c1ccc(S(=O)(=O)N2CCOCC2)cc1)C(=O)Nc1ccc2c(c1)OCO2. The van der Waals surface area contributed by atoms with Gasteiger partial charge in [-0.3, -0.25) is 4.79 Å². The summed E-state index contributed by atoms with van der Waals surface area (Å²) < 4.78 is 47.5. The first-order chi connectivity index (χ1) is 16.3. The number of nitrogens with one attached hydrogen (secondary N) is 1. The third-order valence-corrected chi connectivity index (χ3v) is 7.11. The van der Waals surface area contributed by atoms with E-state index in [4.69, 9.17) is 18.9 Å². The number of benzene rings is 2. The van der Waals surface area contributed by atoms with E-state index in [1.54, 1.807) is 30.3 Å². The maximum Gasteiger partial charge on any atom is 0.331 e. The van der Waals surface area contributed by atoms with E-state index in [0.29, 0.717) is 49.1 Å². The molecule has 0 aliphatic carbocycles. The molecule has 0 saturated carbocycles. The number of carbonyl (C=O) groups excluding carboxylic acids is 2. The van der Waals surface area contributed by atoms with E-state index in [9.17, 15) is 18.0 Å². The molecule has 10 nitrogen and oxygen atoms in total. The summed E-state index contributed by atoms with van der Waals surface area (Å²) >= 11 is 0. The predicted molar refractivity (Wildman–Crippen MR) is 122 cm³/mol. The number of amides is 1. The number of fused-ring (bicyclic) bond motifs is 1. The molecule has 34 heavy (non-hydrogen) atoms. The number of morpholine rings is 1. The van der Waals surface area contributed by atoms with Crippen LogP contribution in [0.2, 0.25) is 0 Å². The first-order valence-electron chi connectivity index (χ1n) is 10.6. The van der Waals surface area contributed by atoms with Crippen LogP contribution < -0.4 is 14.8 Å². The van der Waals surface area contributed by atoms with Crippen molar-refractivity contribution in [1.82, 2.24) is 4.31 Å². The number of hydrogen-bond donors (Lipinski definition) is 1. The molecule has 0 radical (unpaired) electrons. The highest BCUT2D eigenvalue weighted by molar-refractivity contribution is 7.89. The third kappa shape index (κ3) is 5.56. The zero-order chi connectivity index (χ0) is 24.1. The van der Waals surface area contributed by atoms with Gasteiger partial charge in [0.25, 0.3) is 5.91 Å². The number of rotatable bonds is 7. The summed E-state index contributed by atoms with van der Waals surface area (Å²) in [5.74, 6) is -0.0971. The molecule has 4 rings (SSSR count). The minimum atomic E-state index is -3.59. The molecule has 1 N–H and O–H groups in total. The summed E-state index contributed by atoms with van der Waals surface area (Å²) in [6.07, 6.45) is 1.62. The molecule has 1 atom stereocenters. The Morgan fingerprint density at radius 2 is 1.76 bits per heavy atom. The second-order valence-corrected chi connectivity index (χ2v) is 9.49. The molecule has 2 heterocycles. The molecule has 11 heteroatoms. The van der Waals surface area contributed by atoms with Crippen LogP contribution >= 0.6 is 0 Å². The second kappa shape index (κ2) is 10.2. The quantitative estimate of drug-likeness (QED) is 0.464. The Balaban J connectivity index is 1.30. The van der Waals surface area contributed by atoms with E-state index in [0.717, 1.165) is 0 Å². The number of sulfonamides is 1. The van der Waals surface area contributed by atoms with Crippen molar-refractivity contribution in [3.63, 3.8) is 0 Å². The Hall–Kier alpha value is -3.41. The summed E-state index contributed by atoms with van der Waals surface area (Å²) in [4.78, 5) is 24.6. The Morgan fingerprint density at radius 1 is 1.06 bits per heavy atom. The maximum atomic E-state index is 12.7. The lowest BCUT2D eigenvalue weighted by Crippen LogP contribution is -2.40. The largest absolute Gasteiger partial charge is 0.454 e. The van der Waals surface area contributed by atoms with Crippen molar-refractivity contribution in [1.29, 1.82) is 0 Å². The minimum absolute atomic E-state index is 0.124. The number of ether oxygens (including phenoxy) is 4. The lowest BCUT2D eigenvalue weighted by molar-refractivity contribution is -0.148. The lowest BCUT2D eigenvalue weighted by Gasteiger charge is -2.26. The maximum absolute atomic E-state index is 12.7. The van der Waals surface area contributed by atoms with Gasteiger partial charge in [-0.05, 0) is 42.8 Å². The molecule has 0 aromatic heterocycles. The zero-order valence-electron chi connectivity index (χ0n) is 18.4. The minimum Gasteiger partial charge on any atom is -0.454 e. The van der Waals surface area contributed by atoms with Crippen molar-refractivity contribution < 1.29 is 37.0 Å². The average molecular weight is 489 g/mol. The van der Waals surface area contributed by atoms with Crippen molar-refractivity contribution >= 4 is 33.7 Å². The fourth-order valence-corrected chi connectivity index (χ4v) is 4.74. The molecule has 2 aliphatic heterocycles. The van der Waals surface area contributed by atoms with Crippen LogP contribution in [0, 0.1) is 0 Å². The predicted octanol–water partition coefficient (Wildman–Crippen LogP) is 2.02. The first kappa shape index (κ1) is 23.7. The summed E-state index contributed by atoms with van der Waals surface area (Å²) in [6, 6.07) is 11.1. The zero-order valence-corrected chi connectivity index (χ0v) is 19.2. The van der Waals surface area contributed by atoms with Gasteiger partial charge in [0.2, 0.25) is 16.8 Å². The standard InChI is InChI=1S/C23H24N2O8S/c1-16(23(27)24-18-5-8-20-21(14-18)32-15-31-20)33-22(26)9-4-17-2-6-19(7-3-17)34(28,29)25-10-12-30-13-11-25/h2-9,14,16H,10-13,15H2,1H3,(H,24,27)/b9-4+. The second-order valence-electron chi connectivity index (χ2n) is 7.56. The van der Waals surface area contributed by atoms with Crippen LogP contribution in [0.25, 0.3) is 6.08 Å². The highest BCUT2D eigenvalue weighted by Gasteiger charge is 2.26. The Labute approximate surface area is 197 Å². The lowest BCUT2D eigenvalue weighted by atomic mass is 10.2. The summed E-state index contributed by atoms with van der Waals surface area (Å²) in [5, 5.41) is 2.65. The van der Waals surface area contributed by atoms with Gasteiger partial charge in [0.15, 0.2) is 17.6 Å². The molecule has 1 unspecified atom stereocenters. The number of carbonyl (C=O) groups is 2. The van der Waals surface area contributed by atoms with Crippen LogP contribution in [0.3, 0.4) is 0 Å². The topological polar surface area (TPSA) is 120 Å². The summed E-state index contributed by atoms with van der Waals surface area (Å²) in [7, 11) is -3.59. The van der Waals surface area contributed by atoms with Gasteiger partial charge in [0.05, 0.1) is 18.1 Å². The third-order valence-electron chi connectivity index (χ3n) is 5.20. The highest BCUT2D eigenvalue weighted by atomic mass is 32.2. The van der Waals surface area contributed by atoms with Crippen LogP contribution in [0.1, 0.15) is 12.5 Å². The molecular weight excluding hydrogens is 464 g/mol. The van der Waals surface area contributed by atoms with E-state index >= 15 is 0 Å². The van der Waals surface area contributed by atoms with Gasteiger partial charge in [-0.15, -0.1) is 0 Å². The Kier molecular flexibility index (Phi) is 7.15. The molecule has 2 aromatic carbocycles. The van der Waals surface area contributed by atoms with Crippen molar-refractivity contribution in [2.75, 3.05) is 38.4 Å². The van der Waals surface area contributed by atoms with Crippen LogP contribution in [0.4, 0.5) is 5.69 Å². The molecule has 180 valence electrons. The van der Waals surface area contributed by atoms with Crippen LogP contribution in [0.5, 0.6) is 11.5 Å². The summed E-state index contributed by atoms with van der Waals surface area (Å²) in [5.41, 5.74) is 1.09. The van der Waals surface area contributed by atoms with E-state index in [2.05, 4.69) is 5.32 Å². The first-order valence-corrected chi connectivity index (χ1v) is 12.0. The van der Waals surface area contributed by atoms with Crippen molar-refractivity contribution in [3.05, 3.63) is 54.1 Å². The van der Waals surface area contributed by atoms with Crippen molar-refractivity contribution in [2.45, 2.75) is 17.9 Å². The Morgan fingerprint density at radius 3 is 2.50 bits per heavy atom. The van der Waals surface area contributed by atoms with Gasteiger partial charge >= 0.3 is 5.97 Å². The number of esters is 1. The van der Waals surface area contributed by atoms with Crippen molar-refractivity contribution in [2.24, 2.45) is 0 Å². The molecule has 1 amide bonds. The van der Waals surface area contributed by atoms with Crippen LogP contribution in [0.15, 0.2) is 53.4 Å². The van der Waals surface area contributed by atoms with Gasteiger partial charge < -0.3 is 24.3 Å². The van der Waals surface area contributed by atoms with Gasteiger partial charge in [0.1, 0.15) is 0 Å². The molecule has 2 aromatic rings. The number of hydrogen-bond acceptors (Lipinski definition) is 8. The fourth-order valence-electron chi connectivity index (χ4n) is 3.34. The molecule has 1 fully saturated rings. The van der Waals surface area contributed by atoms with Gasteiger partial charge in [0, 0.05) is 30.9 Å². The summed E-state index contributed by atoms with van der Waals surface area (Å²) in [6.45, 7) is 2.95. The normalized spacial score (nSPS) is 16.9. The number of nitrogens with zero attached hydrogens (tertiary/aromatic N) is 1. The van der Waals surface area contributed by atoms with Crippen LogP contribution in [-0.4, -0.2) is 63.8 Å². The van der Waals surface area contributed by atoms with E-state index in [-0.39, 0.29) is 11.7 Å². The smallest absolute Gasteiger partial charge is 0.331 e. The monoisotopic (exact) mass is 488 g/mol. The van der Waals surface area contributed by atoms with Gasteiger partial charge in [-0.25, -0.2) is 13.2 Å². The number of anilines is 1.